The van der Waals surface area contributed by atoms with Crippen LogP contribution in [-0.4, -0.2) is 49.8 Å². The number of nitrogens with one attached hydrogen (secondary N) is 2. The lowest BCUT2D eigenvalue weighted by atomic mass is 10.1. The molecule has 2 aromatic rings. The number of rotatable bonds is 10. The van der Waals surface area contributed by atoms with Gasteiger partial charge in [-0.25, -0.2) is 9.59 Å². The molecule has 34 heavy (non-hydrogen) atoms. The van der Waals surface area contributed by atoms with Crippen LogP contribution < -0.4 is 10.6 Å². The zero-order valence-electron chi connectivity index (χ0n) is 18.9. The van der Waals surface area contributed by atoms with Crippen LogP contribution in [0.2, 0.25) is 0 Å². The van der Waals surface area contributed by atoms with Gasteiger partial charge in [-0.3, -0.25) is 9.59 Å². The highest BCUT2D eigenvalue weighted by molar-refractivity contribution is 7.80. The van der Waals surface area contributed by atoms with Gasteiger partial charge in [0.25, 0.3) is 0 Å². The molecule has 2 N–H and O–H groups in total. The fraction of sp³-hybridized carbons (Fsp3) is 0.292. The number of carbonyl (C=O) groups excluding carboxylic acids is 4. The van der Waals surface area contributed by atoms with E-state index in [1.54, 1.807) is 0 Å². The highest BCUT2D eigenvalue weighted by Crippen LogP contribution is 2.17. The molecule has 2 rings (SSSR count). The summed E-state index contributed by atoms with van der Waals surface area (Å²) in [6, 6.07) is 14.0. The molecule has 0 aliphatic rings. The summed E-state index contributed by atoms with van der Waals surface area (Å²) in [5, 5.41) is 5.09. The minimum atomic E-state index is -0.661. The number of ether oxygens (including phenoxy) is 3. The summed E-state index contributed by atoms with van der Waals surface area (Å²) in [6.07, 6.45) is 1.27. The molecule has 0 aliphatic carbocycles. The van der Waals surface area contributed by atoms with E-state index in [0.717, 1.165) is 12.0 Å². The second-order valence-electron chi connectivity index (χ2n) is 7.09. The van der Waals surface area contributed by atoms with E-state index in [-0.39, 0.29) is 41.4 Å². The third-order valence-electron chi connectivity index (χ3n) is 4.56. The normalized spacial score (nSPS) is 10.1. The largest absolute Gasteiger partial charge is 0.466 e. The van der Waals surface area contributed by atoms with Crippen molar-refractivity contribution in [1.29, 1.82) is 0 Å². The number of anilines is 1. The van der Waals surface area contributed by atoms with Crippen molar-refractivity contribution in [3.63, 3.8) is 0 Å². The van der Waals surface area contributed by atoms with Gasteiger partial charge in [-0.05, 0) is 48.8 Å². The van der Waals surface area contributed by atoms with Crippen LogP contribution >= 0.6 is 12.2 Å². The number of esters is 3. The predicted octanol–water partition coefficient (Wildman–Crippen LogP) is 3.03. The highest BCUT2D eigenvalue weighted by Gasteiger charge is 2.15. The lowest BCUT2D eigenvalue weighted by Gasteiger charge is -2.12. The molecular weight excluding hydrogens is 460 g/mol. The standard InChI is InChI=1S/C24H26N2O7S/c1-31-22(29)17-13-18(23(30)32-2)15-19(14-17)25-24(34)26-20(27)10-11-21(28)33-12-6-9-16-7-4-3-5-8-16/h3-5,7-8,13-15H,6,9-12H2,1-2H3,(H2,25,26,27,34). The Morgan fingerprint density at radius 2 is 1.50 bits per heavy atom. The van der Waals surface area contributed by atoms with E-state index in [1.165, 1.54) is 32.4 Å². The van der Waals surface area contributed by atoms with Crippen molar-refractivity contribution in [1.82, 2.24) is 5.32 Å². The lowest BCUT2D eigenvalue weighted by Crippen LogP contribution is -2.34. The van der Waals surface area contributed by atoms with E-state index < -0.39 is 23.8 Å². The van der Waals surface area contributed by atoms with Gasteiger partial charge in [-0.2, -0.15) is 0 Å². The van der Waals surface area contributed by atoms with Crippen LogP contribution in [0.15, 0.2) is 48.5 Å². The zero-order chi connectivity index (χ0) is 24.9. The van der Waals surface area contributed by atoms with Crippen LogP contribution in [0.3, 0.4) is 0 Å². The summed E-state index contributed by atoms with van der Waals surface area (Å²) in [5.41, 5.74) is 1.62. The van der Waals surface area contributed by atoms with Gasteiger partial charge in [-0.15, -0.1) is 0 Å². The molecule has 0 bridgehead atoms. The van der Waals surface area contributed by atoms with Crippen LogP contribution in [0.4, 0.5) is 5.69 Å². The van der Waals surface area contributed by atoms with Crippen molar-refractivity contribution < 1.29 is 33.4 Å². The Labute approximate surface area is 202 Å². The van der Waals surface area contributed by atoms with Gasteiger partial charge in [0.15, 0.2) is 5.11 Å². The van der Waals surface area contributed by atoms with E-state index in [1.807, 2.05) is 30.3 Å². The Balaban J connectivity index is 1.78. The summed E-state index contributed by atoms with van der Waals surface area (Å²) >= 11 is 5.11. The predicted molar refractivity (Wildman–Crippen MR) is 128 cm³/mol. The molecule has 0 unspecified atom stereocenters. The summed E-state index contributed by atoms with van der Waals surface area (Å²) in [7, 11) is 2.42. The van der Waals surface area contributed by atoms with E-state index in [0.29, 0.717) is 6.42 Å². The Morgan fingerprint density at radius 3 is 2.09 bits per heavy atom. The molecule has 9 nitrogen and oxygen atoms in total. The lowest BCUT2D eigenvalue weighted by molar-refractivity contribution is -0.145. The maximum Gasteiger partial charge on any atom is 0.337 e. The van der Waals surface area contributed by atoms with Crippen LogP contribution in [0.5, 0.6) is 0 Å². The molecule has 0 spiro atoms. The first-order valence-corrected chi connectivity index (χ1v) is 10.8. The number of amides is 1. The zero-order valence-corrected chi connectivity index (χ0v) is 19.7. The van der Waals surface area contributed by atoms with Crippen molar-refractivity contribution in [2.75, 3.05) is 26.1 Å². The minimum Gasteiger partial charge on any atom is -0.466 e. The molecule has 0 saturated heterocycles. The Kier molecular flexibility index (Phi) is 10.7. The first kappa shape index (κ1) is 26.5. The fourth-order valence-corrected chi connectivity index (χ4v) is 3.15. The fourth-order valence-electron chi connectivity index (χ4n) is 2.92. The third-order valence-corrected chi connectivity index (χ3v) is 4.76. The highest BCUT2D eigenvalue weighted by atomic mass is 32.1. The van der Waals surface area contributed by atoms with Gasteiger partial charge < -0.3 is 24.8 Å². The first-order valence-electron chi connectivity index (χ1n) is 10.4. The molecule has 1 amide bonds. The van der Waals surface area contributed by atoms with Crippen LogP contribution in [-0.2, 0) is 30.2 Å². The van der Waals surface area contributed by atoms with Gasteiger partial charge in [0.05, 0.1) is 38.4 Å². The van der Waals surface area contributed by atoms with Crippen molar-refractivity contribution in [2.24, 2.45) is 0 Å². The second kappa shape index (κ2) is 13.7. The molecule has 0 aliphatic heterocycles. The molecule has 180 valence electrons. The maximum atomic E-state index is 12.1. The van der Waals surface area contributed by atoms with Gasteiger partial charge >= 0.3 is 17.9 Å². The first-order chi connectivity index (χ1) is 16.3. The number of hydrogen-bond acceptors (Lipinski definition) is 8. The van der Waals surface area contributed by atoms with Gasteiger partial charge in [0, 0.05) is 12.1 Å². The second-order valence-corrected chi connectivity index (χ2v) is 7.50. The smallest absolute Gasteiger partial charge is 0.337 e. The average molecular weight is 487 g/mol. The Hall–Kier alpha value is -3.79. The van der Waals surface area contributed by atoms with Crippen LogP contribution in [0.1, 0.15) is 45.5 Å². The SMILES string of the molecule is COC(=O)c1cc(NC(=S)NC(=O)CCC(=O)OCCCc2ccccc2)cc(C(=O)OC)c1. The van der Waals surface area contributed by atoms with Gasteiger partial charge in [0.2, 0.25) is 5.91 Å². The van der Waals surface area contributed by atoms with Crippen molar-refractivity contribution in [3.05, 3.63) is 65.2 Å². The molecule has 2 aromatic carbocycles. The monoisotopic (exact) mass is 486 g/mol. The number of methoxy groups -OCH3 is 2. The number of carbonyl (C=O) groups is 4. The van der Waals surface area contributed by atoms with Gasteiger partial charge in [-0.1, -0.05) is 30.3 Å². The quantitative estimate of drug-likeness (QED) is 0.226. The molecule has 0 heterocycles. The Bertz CT molecular complexity index is 1010. The summed E-state index contributed by atoms with van der Waals surface area (Å²) in [5.74, 6) is -2.29. The van der Waals surface area contributed by atoms with E-state index >= 15 is 0 Å². The summed E-state index contributed by atoms with van der Waals surface area (Å²) in [4.78, 5) is 47.7. The molecule has 0 aromatic heterocycles. The summed E-state index contributed by atoms with van der Waals surface area (Å²) in [6.45, 7) is 0.272. The third kappa shape index (κ3) is 8.99. The molecule has 0 atom stereocenters. The molecule has 0 radical (unpaired) electrons. The molecule has 0 fully saturated rings. The van der Waals surface area contributed by atoms with Crippen molar-refractivity contribution in [3.8, 4) is 0 Å². The van der Waals surface area contributed by atoms with Crippen LogP contribution in [0, 0.1) is 0 Å². The Morgan fingerprint density at radius 1 is 0.882 bits per heavy atom. The number of hydrogen-bond donors (Lipinski definition) is 2. The number of aryl methyl sites for hydroxylation is 1. The average Bonchev–Trinajstić information content (AvgIpc) is 2.84. The summed E-state index contributed by atoms with van der Waals surface area (Å²) < 4.78 is 14.5. The minimum absolute atomic E-state index is 0.0703. The topological polar surface area (TPSA) is 120 Å². The maximum absolute atomic E-state index is 12.1. The molecular formula is C24H26N2O7S. The van der Waals surface area contributed by atoms with Gasteiger partial charge in [0.1, 0.15) is 0 Å². The van der Waals surface area contributed by atoms with E-state index in [2.05, 4.69) is 20.1 Å². The molecule has 0 saturated carbocycles. The van der Waals surface area contributed by atoms with E-state index in [4.69, 9.17) is 17.0 Å². The van der Waals surface area contributed by atoms with Crippen molar-refractivity contribution in [2.45, 2.75) is 25.7 Å². The number of thiocarbonyl (C=S) groups is 1. The molecule has 10 heteroatoms. The number of benzene rings is 2. The van der Waals surface area contributed by atoms with Crippen LogP contribution in [0.25, 0.3) is 0 Å². The van der Waals surface area contributed by atoms with E-state index in [9.17, 15) is 19.2 Å². The van der Waals surface area contributed by atoms with Crippen molar-refractivity contribution >= 4 is 46.8 Å².